The van der Waals surface area contributed by atoms with Crippen LogP contribution >= 0.6 is 0 Å². The molecule has 0 N–H and O–H groups in total. The Morgan fingerprint density at radius 3 is 2.58 bits per heavy atom. The average molecular weight is 377 g/mol. The molecule has 134 valence electrons. The van der Waals surface area contributed by atoms with E-state index in [4.69, 9.17) is 0 Å². The van der Waals surface area contributed by atoms with Gasteiger partial charge in [-0.05, 0) is 19.1 Å². The topological polar surface area (TPSA) is 121 Å². The molecule has 0 atom stereocenters. The normalized spacial score (nSPS) is 11.5. The summed E-state index contributed by atoms with van der Waals surface area (Å²) in [5, 5.41) is 14.4. The molecule has 2 aromatic heterocycles. The van der Waals surface area contributed by atoms with Crippen molar-refractivity contribution in [2.75, 3.05) is 6.26 Å². The summed E-state index contributed by atoms with van der Waals surface area (Å²) in [5.74, 6) is -0.815. The maximum atomic E-state index is 14.1. The number of rotatable bonds is 4. The summed E-state index contributed by atoms with van der Waals surface area (Å²) >= 11 is 0. The van der Waals surface area contributed by atoms with Crippen molar-refractivity contribution < 1.29 is 17.7 Å². The van der Waals surface area contributed by atoms with E-state index in [0.29, 0.717) is 17.0 Å². The van der Waals surface area contributed by atoms with E-state index >= 15 is 0 Å². The van der Waals surface area contributed by atoms with E-state index in [2.05, 4.69) is 15.1 Å². The van der Waals surface area contributed by atoms with Gasteiger partial charge in [0.05, 0.1) is 22.9 Å². The van der Waals surface area contributed by atoms with E-state index in [0.717, 1.165) is 18.4 Å². The number of nitrogens with zero attached hydrogens (tertiary/aromatic N) is 5. The second kappa shape index (κ2) is 6.26. The van der Waals surface area contributed by atoms with Crippen LogP contribution in [0.4, 0.5) is 10.1 Å². The fraction of sp³-hybridized carbons (Fsp3) is 0.133. The minimum absolute atomic E-state index is 0.0102. The molecule has 0 unspecified atom stereocenters. The van der Waals surface area contributed by atoms with Gasteiger partial charge in [-0.3, -0.25) is 10.1 Å². The first-order chi connectivity index (χ1) is 12.1. The molecule has 0 aliphatic carbocycles. The van der Waals surface area contributed by atoms with Crippen molar-refractivity contribution in [2.24, 2.45) is 0 Å². The van der Waals surface area contributed by atoms with Gasteiger partial charge in [0, 0.05) is 29.8 Å². The number of hydrogen-bond acceptors (Lipinski definition) is 7. The minimum atomic E-state index is -3.59. The third-order valence-corrected chi connectivity index (χ3v) is 4.28. The minimum Gasteiger partial charge on any atom is -0.258 e. The highest BCUT2D eigenvalue weighted by atomic mass is 32.2. The van der Waals surface area contributed by atoms with E-state index < -0.39 is 20.6 Å². The summed E-state index contributed by atoms with van der Waals surface area (Å²) in [7, 11) is -3.59. The van der Waals surface area contributed by atoms with Crippen molar-refractivity contribution in [2.45, 2.75) is 12.1 Å². The zero-order chi connectivity index (χ0) is 19.1. The van der Waals surface area contributed by atoms with Gasteiger partial charge in [0.2, 0.25) is 15.0 Å². The van der Waals surface area contributed by atoms with Crippen molar-refractivity contribution in [3.05, 3.63) is 58.3 Å². The van der Waals surface area contributed by atoms with Crippen molar-refractivity contribution in [3.8, 4) is 16.9 Å². The molecule has 3 aromatic rings. The van der Waals surface area contributed by atoms with Crippen molar-refractivity contribution in [3.63, 3.8) is 0 Å². The number of aryl methyl sites for hydroxylation is 1. The molecule has 9 nitrogen and oxygen atoms in total. The van der Waals surface area contributed by atoms with Gasteiger partial charge in [-0.1, -0.05) is 0 Å². The van der Waals surface area contributed by atoms with Gasteiger partial charge in [-0.2, -0.15) is 5.10 Å². The molecule has 1 aromatic carbocycles. The maximum Gasteiger partial charge on any atom is 0.272 e. The molecular formula is C15H12FN5O4S. The summed E-state index contributed by atoms with van der Waals surface area (Å²) < 4.78 is 38.7. The second-order valence-corrected chi connectivity index (χ2v) is 7.43. The van der Waals surface area contributed by atoms with Crippen LogP contribution in [-0.4, -0.2) is 39.3 Å². The van der Waals surface area contributed by atoms with Crippen molar-refractivity contribution in [1.82, 2.24) is 19.7 Å². The highest BCUT2D eigenvalue weighted by molar-refractivity contribution is 7.90. The first kappa shape index (κ1) is 17.6. The fourth-order valence-electron chi connectivity index (χ4n) is 2.24. The molecule has 26 heavy (non-hydrogen) atoms. The predicted octanol–water partition coefficient (Wildman–Crippen LogP) is 2.09. The standard InChI is InChI=1S/C15H12FN5O4S/c1-9-5-13(19-15(18-9)26(2,24)25)10-7-17-20(8-10)14-4-3-11(21(22)23)6-12(14)16/h3-8H,1-2H3. The van der Waals surface area contributed by atoms with Crippen LogP contribution in [0.2, 0.25) is 0 Å². The Bertz CT molecular complexity index is 1130. The summed E-state index contributed by atoms with van der Waals surface area (Å²) in [6.07, 6.45) is 3.83. The van der Waals surface area contributed by atoms with Gasteiger partial charge < -0.3 is 0 Å². The third-order valence-electron chi connectivity index (χ3n) is 3.43. The van der Waals surface area contributed by atoms with E-state index in [-0.39, 0.29) is 16.5 Å². The lowest BCUT2D eigenvalue weighted by atomic mass is 10.2. The van der Waals surface area contributed by atoms with E-state index in [9.17, 15) is 22.9 Å². The molecule has 0 amide bonds. The molecule has 0 fully saturated rings. The van der Waals surface area contributed by atoms with Gasteiger partial charge >= 0.3 is 0 Å². The molecule has 11 heteroatoms. The van der Waals surface area contributed by atoms with Crippen LogP contribution in [-0.2, 0) is 9.84 Å². The van der Waals surface area contributed by atoms with Gasteiger partial charge in [0.1, 0.15) is 5.69 Å². The van der Waals surface area contributed by atoms with Crippen LogP contribution in [0.1, 0.15) is 5.69 Å². The summed E-state index contributed by atoms with van der Waals surface area (Å²) in [4.78, 5) is 17.9. The Morgan fingerprint density at radius 2 is 1.96 bits per heavy atom. The summed E-state index contributed by atoms with van der Waals surface area (Å²) in [5.41, 5.74) is 0.841. The van der Waals surface area contributed by atoms with Crippen LogP contribution in [0.5, 0.6) is 0 Å². The highest BCUT2D eigenvalue weighted by Gasteiger charge is 2.16. The number of sulfone groups is 1. The molecule has 0 saturated heterocycles. The first-order valence-electron chi connectivity index (χ1n) is 7.20. The second-order valence-electron chi connectivity index (χ2n) is 5.52. The largest absolute Gasteiger partial charge is 0.272 e. The number of non-ortho nitro benzene ring substituents is 1. The van der Waals surface area contributed by atoms with E-state index in [1.807, 2.05) is 0 Å². The molecule has 0 saturated carbocycles. The highest BCUT2D eigenvalue weighted by Crippen LogP contribution is 2.23. The lowest BCUT2D eigenvalue weighted by molar-refractivity contribution is -0.385. The number of halogens is 1. The third kappa shape index (κ3) is 3.42. The maximum absolute atomic E-state index is 14.1. The Kier molecular flexibility index (Phi) is 4.24. The molecule has 3 rings (SSSR count). The Morgan fingerprint density at radius 1 is 1.23 bits per heavy atom. The average Bonchev–Trinajstić information content (AvgIpc) is 3.03. The van der Waals surface area contributed by atoms with Crippen LogP contribution < -0.4 is 0 Å². The first-order valence-corrected chi connectivity index (χ1v) is 9.09. The Balaban J connectivity index is 2.04. The number of aromatic nitrogens is 4. The molecule has 2 heterocycles. The number of nitro benzene ring substituents is 1. The lowest BCUT2D eigenvalue weighted by Crippen LogP contribution is -2.06. The van der Waals surface area contributed by atoms with Crippen molar-refractivity contribution in [1.29, 1.82) is 0 Å². The molecule has 0 radical (unpaired) electrons. The SMILES string of the molecule is Cc1cc(-c2cnn(-c3ccc([N+](=O)[O-])cc3F)c2)nc(S(C)(=O)=O)n1. The monoisotopic (exact) mass is 377 g/mol. The Labute approximate surface area is 147 Å². The predicted molar refractivity (Wildman–Crippen MR) is 89.0 cm³/mol. The van der Waals surface area contributed by atoms with Crippen molar-refractivity contribution >= 4 is 15.5 Å². The van der Waals surface area contributed by atoms with Crippen LogP contribution in [0.15, 0.2) is 41.8 Å². The fourth-order valence-corrected chi connectivity index (χ4v) is 2.81. The Hall–Kier alpha value is -3.21. The number of nitro groups is 1. The van der Waals surface area contributed by atoms with Gasteiger partial charge in [-0.15, -0.1) is 0 Å². The van der Waals surface area contributed by atoms with Gasteiger partial charge in [-0.25, -0.2) is 27.5 Å². The van der Waals surface area contributed by atoms with Gasteiger partial charge in [0.25, 0.3) is 5.69 Å². The quantitative estimate of drug-likeness (QED) is 0.388. The van der Waals surface area contributed by atoms with Gasteiger partial charge in [0.15, 0.2) is 5.82 Å². The molecule has 0 aliphatic rings. The summed E-state index contributed by atoms with van der Waals surface area (Å²) in [6.45, 7) is 1.63. The molecule has 0 aliphatic heterocycles. The number of benzene rings is 1. The number of hydrogen-bond donors (Lipinski definition) is 0. The van der Waals surface area contributed by atoms with Crippen LogP contribution in [0.25, 0.3) is 16.9 Å². The molecule has 0 spiro atoms. The smallest absolute Gasteiger partial charge is 0.258 e. The van der Waals surface area contributed by atoms with Crippen LogP contribution in [0, 0.1) is 22.9 Å². The van der Waals surface area contributed by atoms with E-state index in [1.54, 1.807) is 13.0 Å². The summed E-state index contributed by atoms with van der Waals surface area (Å²) in [6, 6.07) is 4.77. The zero-order valence-corrected chi connectivity index (χ0v) is 14.4. The van der Waals surface area contributed by atoms with E-state index in [1.165, 1.54) is 23.1 Å². The lowest BCUT2D eigenvalue weighted by Gasteiger charge is -2.04. The molecular weight excluding hydrogens is 365 g/mol. The zero-order valence-electron chi connectivity index (χ0n) is 13.6. The van der Waals surface area contributed by atoms with Crippen LogP contribution in [0.3, 0.4) is 0 Å². The molecule has 0 bridgehead atoms.